The normalized spacial score (nSPS) is 31.2. The number of phenols is 1. The van der Waals surface area contributed by atoms with E-state index in [0.717, 1.165) is 67.3 Å². The van der Waals surface area contributed by atoms with Crippen LogP contribution in [0, 0.1) is 35.5 Å². The third-order valence-electron chi connectivity index (χ3n) is 13.4. The van der Waals surface area contributed by atoms with E-state index < -0.39 is 23.6 Å². The van der Waals surface area contributed by atoms with Gasteiger partial charge in [0.1, 0.15) is 11.6 Å². The monoisotopic (exact) mass is 754 g/mol. The molecule has 2 heterocycles. The number of aliphatic hydroxyl groups excluding tert-OH is 2. The first-order chi connectivity index (χ1) is 26.5. The number of pyridine rings is 1. The van der Waals surface area contributed by atoms with Crippen LogP contribution in [0.4, 0.5) is 5.82 Å². The van der Waals surface area contributed by atoms with Gasteiger partial charge in [0, 0.05) is 12.1 Å². The van der Waals surface area contributed by atoms with E-state index in [-0.39, 0.29) is 47.9 Å². The molecule has 10 unspecified atom stereocenters. The molecule has 3 aliphatic carbocycles. The fourth-order valence-corrected chi connectivity index (χ4v) is 10.5. The lowest BCUT2D eigenvalue weighted by atomic mass is 9.69. The summed E-state index contributed by atoms with van der Waals surface area (Å²) >= 11 is 0. The number of carbonyl (C=O) groups is 1. The average molecular weight is 755 g/mol. The smallest absolute Gasteiger partial charge is 0.309 e. The number of aromatic hydroxyl groups is 1. The molecule has 9 nitrogen and oxygen atoms in total. The van der Waals surface area contributed by atoms with Crippen molar-refractivity contribution in [2.75, 3.05) is 5.73 Å². The highest BCUT2D eigenvalue weighted by atomic mass is 16.4. The van der Waals surface area contributed by atoms with E-state index in [1.165, 1.54) is 19.3 Å². The van der Waals surface area contributed by atoms with Crippen LogP contribution in [-0.4, -0.2) is 54.3 Å². The number of carboxylic acid groups (broad SMARTS) is 1. The van der Waals surface area contributed by atoms with Gasteiger partial charge in [0.05, 0.1) is 23.7 Å². The number of benzene rings is 1. The molecule has 0 saturated heterocycles. The third kappa shape index (κ3) is 10.8. The first-order valence-electron chi connectivity index (χ1n) is 21.1. The number of nitrogens with two attached hydrogens (primary N) is 1. The Hall–Kier alpha value is -3.66. The predicted octanol–water partition coefficient (Wildman–Crippen LogP) is 7.95. The van der Waals surface area contributed by atoms with Crippen LogP contribution in [0.5, 0.6) is 5.75 Å². The van der Waals surface area contributed by atoms with Crippen LogP contribution >= 0.6 is 0 Å². The maximum atomic E-state index is 12.9. The van der Waals surface area contributed by atoms with E-state index in [1.54, 1.807) is 18.3 Å². The van der Waals surface area contributed by atoms with Crippen molar-refractivity contribution in [2.24, 2.45) is 35.5 Å². The Balaban J connectivity index is 1.19. The molecule has 55 heavy (non-hydrogen) atoms. The molecule has 2 fully saturated rings. The van der Waals surface area contributed by atoms with Crippen LogP contribution in [0.1, 0.15) is 132 Å². The molecule has 0 aliphatic heterocycles. The highest BCUT2D eigenvalue weighted by Crippen LogP contribution is 2.53. The number of unbranched alkanes of at least 4 members (excludes halogenated alkanes) is 3. The topological polar surface area (TPSA) is 171 Å². The van der Waals surface area contributed by atoms with Crippen molar-refractivity contribution in [3.8, 4) is 5.75 Å². The van der Waals surface area contributed by atoms with E-state index in [1.807, 2.05) is 30.5 Å². The Morgan fingerprint density at radius 1 is 0.909 bits per heavy atom. The van der Waals surface area contributed by atoms with Crippen LogP contribution < -0.4 is 10.7 Å². The molecule has 0 bridgehead atoms. The second-order valence-corrected chi connectivity index (χ2v) is 17.4. The van der Waals surface area contributed by atoms with Gasteiger partial charge in [-0.25, -0.2) is 4.98 Å². The molecule has 3 aromatic rings. The number of nitrogens with zero attached hydrogens (tertiary/aromatic N) is 2. The van der Waals surface area contributed by atoms with E-state index >= 15 is 0 Å². The average Bonchev–Trinajstić information content (AvgIpc) is 3.74. The standard InChI is InChI=1S/C46H64N3O6/c1-2-3-4-7-30-10-13-35(42(52)26-30)8-5-6-9-36-14-17-38(40-25-34(29-49-40)22-31-11-15-37(50)16-12-31)39-24-33(23-32-19-21-48-43(47)27-32)28-46(39,55)20-18-41(51)44(36)45(53)54/h10-13,15-16,19,21,25,27,29-30,33,35-36,38-39,41-42,44,50-52,55H,2-9,14,17-18,20,22-24,26,28H2,1H3,(H2,47,48)(H,53,54)/q-1. The third-order valence-corrected chi connectivity index (χ3v) is 13.4. The second kappa shape index (κ2) is 19.0. The van der Waals surface area contributed by atoms with Crippen molar-refractivity contribution < 1.29 is 30.3 Å². The van der Waals surface area contributed by atoms with E-state index in [0.29, 0.717) is 50.3 Å². The molecule has 2 saturated carbocycles. The van der Waals surface area contributed by atoms with Gasteiger partial charge in [0.2, 0.25) is 0 Å². The summed E-state index contributed by atoms with van der Waals surface area (Å²) in [6, 6.07) is 13.2. The van der Waals surface area contributed by atoms with Gasteiger partial charge in [-0.05, 0) is 142 Å². The molecular weight excluding hydrogens is 691 g/mol. The maximum Gasteiger partial charge on any atom is 0.309 e. The van der Waals surface area contributed by atoms with Crippen LogP contribution in [0.3, 0.4) is 0 Å². The fraction of sp³-hybridized carbons (Fsp3) is 0.609. The Morgan fingerprint density at radius 3 is 2.44 bits per heavy atom. The van der Waals surface area contributed by atoms with Crippen LogP contribution in [0.25, 0.3) is 0 Å². The van der Waals surface area contributed by atoms with Gasteiger partial charge in [-0.1, -0.05) is 74.9 Å². The second-order valence-electron chi connectivity index (χ2n) is 17.4. The quantitative estimate of drug-likeness (QED) is 0.0666. The zero-order chi connectivity index (χ0) is 39.0. The van der Waals surface area contributed by atoms with Crippen LogP contribution in [-0.2, 0) is 17.6 Å². The summed E-state index contributed by atoms with van der Waals surface area (Å²) in [4.78, 5) is 22.0. The fourth-order valence-electron chi connectivity index (χ4n) is 10.5. The van der Waals surface area contributed by atoms with Gasteiger partial charge in [-0.2, -0.15) is 11.9 Å². The van der Waals surface area contributed by atoms with Crippen molar-refractivity contribution in [2.45, 2.75) is 140 Å². The van der Waals surface area contributed by atoms with Crippen molar-refractivity contribution in [3.05, 3.63) is 89.4 Å². The number of hydrogen-bond donors (Lipinski definition) is 6. The maximum absolute atomic E-state index is 12.9. The van der Waals surface area contributed by atoms with Gasteiger partial charge in [0.25, 0.3) is 0 Å². The molecule has 9 heteroatoms. The number of fused-ring (bicyclic) bond motifs is 1. The molecule has 7 N–H and O–H groups in total. The number of hydrogen-bond acceptors (Lipinski definition) is 7. The Morgan fingerprint density at radius 2 is 1.69 bits per heavy atom. The Kier molecular flexibility index (Phi) is 14.1. The van der Waals surface area contributed by atoms with Gasteiger partial charge < -0.3 is 36.3 Å². The zero-order valence-electron chi connectivity index (χ0n) is 32.7. The lowest BCUT2D eigenvalue weighted by Crippen LogP contribution is -2.42. The molecule has 0 amide bonds. The van der Waals surface area contributed by atoms with E-state index in [9.17, 15) is 30.3 Å². The SMILES string of the molecule is CCCCCC1C=CC(CCCCC2CCC(c3cc(Cc4ccc(O)cc4)c[n-]3)C3CC(Cc4ccnc(N)c4)CC3(O)CCC(O)C2C(=O)O)C(O)C1. The number of aliphatic carboxylic acids is 1. The van der Waals surface area contributed by atoms with Gasteiger partial charge in [-0.15, -0.1) is 0 Å². The first kappa shape index (κ1) is 41.0. The molecule has 0 radical (unpaired) electrons. The predicted molar refractivity (Wildman–Crippen MR) is 215 cm³/mol. The number of carboxylic acids is 1. The highest BCUT2D eigenvalue weighted by Gasteiger charge is 2.50. The largest absolute Gasteiger partial charge is 0.667 e. The minimum atomic E-state index is -1.08. The van der Waals surface area contributed by atoms with Gasteiger partial charge in [-0.3, -0.25) is 4.79 Å². The van der Waals surface area contributed by atoms with E-state index in [2.05, 4.69) is 30.1 Å². The molecule has 1 aromatic carbocycles. The number of allylic oxidation sites excluding steroid dienone is 1. The highest BCUT2D eigenvalue weighted by molar-refractivity contribution is 5.71. The molecule has 0 spiro atoms. The van der Waals surface area contributed by atoms with Crippen molar-refractivity contribution >= 4 is 11.8 Å². The minimum Gasteiger partial charge on any atom is -0.667 e. The Labute approximate surface area is 327 Å². The van der Waals surface area contributed by atoms with Crippen molar-refractivity contribution in [1.29, 1.82) is 0 Å². The number of nitrogen functional groups attached to an aromatic ring is 1. The number of phenolic OH excluding ortho intramolecular Hbond substituents is 1. The lowest BCUT2D eigenvalue weighted by Gasteiger charge is -2.41. The minimum absolute atomic E-state index is 0.0777. The number of anilines is 1. The summed E-state index contributed by atoms with van der Waals surface area (Å²) in [5.41, 5.74) is 9.08. The van der Waals surface area contributed by atoms with Crippen LogP contribution in [0.2, 0.25) is 0 Å². The number of aliphatic hydroxyl groups is 3. The summed E-state index contributed by atoms with van der Waals surface area (Å²) in [5, 5.41) is 55.4. The lowest BCUT2D eigenvalue weighted by molar-refractivity contribution is -0.150. The molecule has 10 atom stereocenters. The molecule has 300 valence electrons. The summed E-state index contributed by atoms with van der Waals surface area (Å²) < 4.78 is 0. The van der Waals surface area contributed by atoms with Gasteiger partial charge >= 0.3 is 5.97 Å². The molecule has 2 aromatic heterocycles. The number of rotatable bonds is 15. The molecule has 6 rings (SSSR count). The van der Waals surface area contributed by atoms with Crippen LogP contribution in [0.15, 0.2) is 67.0 Å². The summed E-state index contributed by atoms with van der Waals surface area (Å²) in [6.07, 6.45) is 20.2. The number of aromatic nitrogens is 2. The summed E-state index contributed by atoms with van der Waals surface area (Å²) in [6.45, 7) is 2.21. The van der Waals surface area contributed by atoms with E-state index in [4.69, 9.17) is 10.7 Å². The molecular formula is C46H64N3O6-. The molecule has 3 aliphatic rings. The summed E-state index contributed by atoms with van der Waals surface area (Å²) in [7, 11) is 0. The first-order valence-corrected chi connectivity index (χ1v) is 21.1. The van der Waals surface area contributed by atoms with Gasteiger partial charge in [0.15, 0.2) is 0 Å². The Bertz CT molecular complexity index is 1690. The zero-order valence-corrected chi connectivity index (χ0v) is 32.7. The summed E-state index contributed by atoms with van der Waals surface area (Å²) in [5.74, 6) is -0.824. The van der Waals surface area contributed by atoms with Crippen molar-refractivity contribution in [3.63, 3.8) is 0 Å². The van der Waals surface area contributed by atoms with Crippen molar-refractivity contribution in [1.82, 2.24) is 9.97 Å².